The Morgan fingerprint density at radius 2 is 1.83 bits per heavy atom. The van der Waals surface area contributed by atoms with Crippen molar-refractivity contribution in [1.29, 1.82) is 0 Å². The Balaban J connectivity index is 1.64. The molecule has 0 saturated carbocycles. The smallest absolute Gasteiger partial charge is 0.232 e. The van der Waals surface area contributed by atoms with Crippen LogP contribution in [0.3, 0.4) is 0 Å². The molecule has 7 heteroatoms. The number of nitrogens with zero attached hydrogens (tertiary/aromatic N) is 3. The summed E-state index contributed by atoms with van der Waals surface area (Å²) < 4.78 is 6.09. The van der Waals surface area contributed by atoms with E-state index in [1.165, 1.54) is 16.0 Å². The number of carbonyl (C=O) groups excluding carboxylic acids is 1. The van der Waals surface area contributed by atoms with E-state index in [1.807, 2.05) is 23.1 Å². The highest BCUT2D eigenvalue weighted by Crippen LogP contribution is 2.41. The summed E-state index contributed by atoms with van der Waals surface area (Å²) in [5.41, 5.74) is 2.28. The van der Waals surface area contributed by atoms with Gasteiger partial charge < -0.3 is 9.64 Å². The SMILES string of the molecule is CCCCN(CCCC)C(=O)CSc1nc(Cc2ccccc2)nc2sc3c(c12)CC(C)(C)OC3. The summed E-state index contributed by atoms with van der Waals surface area (Å²) >= 11 is 3.30. The summed E-state index contributed by atoms with van der Waals surface area (Å²) in [5, 5.41) is 2.07. The van der Waals surface area contributed by atoms with Gasteiger partial charge in [0.15, 0.2) is 0 Å². The average Bonchev–Trinajstić information content (AvgIpc) is 3.19. The quantitative estimate of drug-likeness (QED) is 0.213. The van der Waals surface area contributed by atoms with Crippen LogP contribution in [0.1, 0.15) is 75.2 Å². The van der Waals surface area contributed by atoms with Gasteiger partial charge in [-0.15, -0.1) is 11.3 Å². The molecule has 3 heterocycles. The Bertz CT molecular complexity index is 1140. The van der Waals surface area contributed by atoms with Gasteiger partial charge in [0.25, 0.3) is 0 Å². The first-order valence-corrected chi connectivity index (χ1v) is 14.6. The lowest BCUT2D eigenvalue weighted by molar-refractivity contribution is -0.128. The number of amides is 1. The first-order valence-electron chi connectivity index (χ1n) is 12.8. The number of unbranched alkanes of at least 4 members (excludes halogenated alkanes) is 2. The van der Waals surface area contributed by atoms with Gasteiger partial charge in [0.05, 0.1) is 18.0 Å². The molecule has 1 amide bonds. The number of ether oxygens (including phenoxy) is 1. The minimum atomic E-state index is -0.210. The molecule has 1 aliphatic heterocycles. The maximum atomic E-state index is 13.2. The molecule has 0 N–H and O–H groups in total. The van der Waals surface area contributed by atoms with E-state index in [1.54, 1.807) is 23.1 Å². The largest absolute Gasteiger partial charge is 0.370 e. The number of hydrogen-bond acceptors (Lipinski definition) is 6. The van der Waals surface area contributed by atoms with Gasteiger partial charge in [-0.1, -0.05) is 68.8 Å². The van der Waals surface area contributed by atoms with Gasteiger partial charge >= 0.3 is 0 Å². The van der Waals surface area contributed by atoms with E-state index < -0.39 is 0 Å². The normalized spacial score (nSPS) is 14.7. The number of thiophene rings is 1. The zero-order chi connectivity index (χ0) is 24.8. The van der Waals surface area contributed by atoms with Crippen LogP contribution in [0.2, 0.25) is 0 Å². The van der Waals surface area contributed by atoms with Crippen molar-refractivity contribution in [2.45, 2.75) is 83.5 Å². The molecule has 0 radical (unpaired) electrons. The minimum Gasteiger partial charge on any atom is -0.370 e. The monoisotopic (exact) mass is 511 g/mol. The number of rotatable bonds is 11. The molecule has 0 unspecified atom stereocenters. The molecule has 5 nitrogen and oxygen atoms in total. The fraction of sp³-hybridized carbons (Fsp3) is 0.536. The third-order valence-corrected chi connectivity index (χ3v) is 8.46. The molecule has 0 atom stereocenters. The van der Waals surface area contributed by atoms with Crippen molar-refractivity contribution in [2.75, 3.05) is 18.8 Å². The number of benzene rings is 1. The summed E-state index contributed by atoms with van der Waals surface area (Å²) in [6.07, 6.45) is 5.80. The third kappa shape index (κ3) is 6.63. The van der Waals surface area contributed by atoms with Crippen molar-refractivity contribution < 1.29 is 9.53 Å². The lowest BCUT2D eigenvalue weighted by Gasteiger charge is -2.30. The standard InChI is InChI=1S/C28H37N3O2S2/c1-5-7-14-31(15-8-6-2)24(32)19-34-26-25-21-17-28(3,4)33-18-22(21)35-27(25)30-23(29-26)16-20-12-10-9-11-13-20/h9-13H,5-8,14-19H2,1-4H3. The van der Waals surface area contributed by atoms with E-state index in [4.69, 9.17) is 14.7 Å². The van der Waals surface area contributed by atoms with Crippen LogP contribution in [-0.2, 0) is 29.0 Å². The number of fused-ring (bicyclic) bond motifs is 3. The first kappa shape index (κ1) is 26.1. The van der Waals surface area contributed by atoms with E-state index in [2.05, 4.69) is 39.8 Å². The van der Waals surface area contributed by atoms with Crippen LogP contribution in [0.25, 0.3) is 10.2 Å². The highest BCUT2D eigenvalue weighted by atomic mass is 32.2. The molecule has 188 valence electrons. The number of aromatic nitrogens is 2. The predicted molar refractivity (Wildman–Crippen MR) is 146 cm³/mol. The molecule has 1 aromatic carbocycles. The van der Waals surface area contributed by atoms with Crippen molar-refractivity contribution >= 4 is 39.2 Å². The van der Waals surface area contributed by atoms with Gasteiger partial charge in [0.1, 0.15) is 15.7 Å². The van der Waals surface area contributed by atoms with Crippen molar-refractivity contribution in [3.05, 3.63) is 52.2 Å². The Hall–Kier alpha value is -1.96. The fourth-order valence-electron chi connectivity index (χ4n) is 4.40. The molecule has 4 rings (SSSR count). The molecule has 3 aromatic rings. The highest BCUT2D eigenvalue weighted by molar-refractivity contribution is 8.00. The maximum absolute atomic E-state index is 13.2. The minimum absolute atomic E-state index is 0.209. The molecule has 2 aromatic heterocycles. The second-order valence-corrected chi connectivity index (χ2v) is 11.9. The summed E-state index contributed by atoms with van der Waals surface area (Å²) in [6, 6.07) is 10.3. The lowest BCUT2D eigenvalue weighted by atomic mass is 9.94. The van der Waals surface area contributed by atoms with Crippen LogP contribution in [0, 0.1) is 0 Å². The van der Waals surface area contributed by atoms with E-state index in [0.717, 1.165) is 66.3 Å². The third-order valence-electron chi connectivity index (χ3n) is 6.40. The molecule has 1 aliphatic rings. The predicted octanol–water partition coefficient (Wildman–Crippen LogP) is 6.65. The molecular formula is C28H37N3O2S2. The van der Waals surface area contributed by atoms with Crippen molar-refractivity contribution in [3.63, 3.8) is 0 Å². The van der Waals surface area contributed by atoms with Crippen LogP contribution in [0.15, 0.2) is 35.4 Å². The van der Waals surface area contributed by atoms with E-state index >= 15 is 0 Å². The topological polar surface area (TPSA) is 55.3 Å². The van der Waals surface area contributed by atoms with Gasteiger partial charge in [-0.05, 0) is 37.8 Å². The van der Waals surface area contributed by atoms with E-state index in [0.29, 0.717) is 18.8 Å². The number of hydrogen-bond donors (Lipinski definition) is 0. The van der Waals surface area contributed by atoms with Crippen molar-refractivity contribution in [1.82, 2.24) is 14.9 Å². The second-order valence-electron chi connectivity index (χ2n) is 9.89. The zero-order valence-corrected chi connectivity index (χ0v) is 23.1. The van der Waals surface area contributed by atoms with Crippen LogP contribution < -0.4 is 0 Å². The van der Waals surface area contributed by atoms with Gasteiger partial charge in [-0.25, -0.2) is 9.97 Å². The maximum Gasteiger partial charge on any atom is 0.232 e. The van der Waals surface area contributed by atoms with Gasteiger partial charge in [-0.2, -0.15) is 0 Å². The lowest BCUT2D eigenvalue weighted by Crippen LogP contribution is -2.34. The van der Waals surface area contributed by atoms with Crippen LogP contribution in [0.4, 0.5) is 0 Å². The summed E-state index contributed by atoms with van der Waals surface area (Å²) in [5.74, 6) is 1.43. The molecule has 0 saturated heterocycles. The summed E-state index contributed by atoms with van der Waals surface area (Å²) in [7, 11) is 0. The Morgan fingerprint density at radius 1 is 1.11 bits per heavy atom. The number of carbonyl (C=O) groups is 1. The first-order chi connectivity index (χ1) is 16.9. The second kappa shape index (κ2) is 11.8. The van der Waals surface area contributed by atoms with Gasteiger partial charge in [-0.3, -0.25) is 4.79 Å². The fourth-order valence-corrected chi connectivity index (χ4v) is 6.56. The van der Waals surface area contributed by atoms with Gasteiger partial charge in [0, 0.05) is 36.2 Å². The Kier molecular flexibility index (Phi) is 8.84. The average molecular weight is 512 g/mol. The van der Waals surface area contributed by atoms with Crippen molar-refractivity contribution in [2.24, 2.45) is 0 Å². The number of thioether (sulfide) groups is 1. The molecule has 0 fully saturated rings. The van der Waals surface area contributed by atoms with E-state index in [-0.39, 0.29) is 11.5 Å². The van der Waals surface area contributed by atoms with Crippen LogP contribution in [0.5, 0.6) is 0 Å². The van der Waals surface area contributed by atoms with Crippen molar-refractivity contribution in [3.8, 4) is 0 Å². The van der Waals surface area contributed by atoms with Gasteiger partial charge in [0.2, 0.25) is 5.91 Å². The molecule has 0 spiro atoms. The highest BCUT2D eigenvalue weighted by Gasteiger charge is 2.31. The summed E-state index contributed by atoms with van der Waals surface area (Å²) in [4.78, 5) is 27.5. The zero-order valence-electron chi connectivity index (χ0n) is 21.4. The Labute approximate surface area is 217 Å². The van der Waals surface area contributed by atoms with Crippen LogP contribution >= 0.6 is 23.1 Å². The summed E-state index contributed by atoms with van der Waals surface area (Å²) in [6.45, 7) is 10.9. The molecular weight excluding hydrogens is 474 g/mol. The molecule has 0 aliphatic carbocycles. The van der Waals surface area contributed by atoms with Crippen LogP contribution in [-0.4, -0.2) is 45.2 Å². The molecule has 35 heavy (non-hydrogen) atoms. The van der Waals surface area contributed by atoms with E-state index in [9.17, 15) is 4.79 Å². The molecule has 0 bridgehead atoms. The Morgan fingerprint density at radius 3 is 2.51 bits per heavy atom.